The molecule has 2 aromatic rings. The fraction of sp³-hybridized carbons (Fsp3) is 0. The lowest BCUT2D eigenvalue weighted by Gasteiger charge is -2.07. The van der Waals surface area contributed by atoms with E-state index in [9.17, 15) is 0 Å². The van der Waals surface area contributed by atoms with Crippen molar-refractivity contribution in [3.05, 3.63) is 54.6 Å². The van der Waals surface area contributed by atoms with Crippen molar-refractivity contribution in [2.24, 2.45) is 10.8 Å². The lowest BCUT2D eigenvalue weighted by atomic mass is 10.3. The Morgan fingerprint density at radius 1 is 1.21 bits per heavy atom. The predicted octanol–water partition coefficient (Wildman–Crippen LogP) is 1.08. The molecule has 0 unspecified atom stereocenters. The van der Waals surface area contributed by atoms with Crippen LogP contribution in [0.4, 0.5) is 5.69 Å². The molecular formula is C12H12N6S. The highest BCUT2D eigenvalue weighted by atomic mass is 32.1. The number of hydrogen-bond acceptors (Lipinski definition) is 4. The summed E-state index contributed by atoms with van der Waals surface area (Å²) in [6.45, 7) is 0. The topological polar surface area (TPSA) is 88.2 Å². The molecule has 0 fully saturated rings. The van der Waals surface area contributed by atoms with Crippen LogP contribution >= 0.6 is 12.2 Å². The van der Waals surface area contributed by atoms with E-state index in [-0.39, 0.29) is 5.84 Å². The van der Waals surface area contributed by atoms with Gasteiger partial charge in [0, 0.05) is 18.1 Å². The number of aromatic nitrogens is 2. The van der Waals surface area contributed by atoms with E-state index < -0.39 is 0 Å². The van der Waals surface area contributed by atoms with Crippen molar-refractivity contribution in [1.82, 2.24) is 15.4 Å². The Hall–Kier alpha value is -2.54. The van der Waals surface area contributed by atoms with Gasteiger partial charge in [0.25, 0.3) is 0 Å². The first-order valence-corrected chi connectivity index (χ1v) is 5.88. The summed E-state index contributed by atoms with van der Waals surface area (Å²) in [5.74, 6) is 0.213. The van der Waals surface area contributed by atoms with Crippen molar-refractivity contribution in [2.75, 3.05) is 5.32 Å². The molecule has 0 aliphatic rings. The standard InChI is InChI=1S/C12H12N6S/c13-11(10-8-14-6-7-15-10)17-18-12(19)16-9-4-2-1-3-5-9/h1-8H,(H2,13,17)(H2,16,18,19). The monoisotopic (exact) mass is 272 g/mol. The fourth-order valence-corrected chi connectivity index (χ4v) is 1.44. The summed E-state index contributed by atoms with van der Waals surface area (Å²) in [6.07, 6.45) is 4.62. The van der Waals surface area contributed by atoms with E-state index in [1.807, 2.05) is 30.3 Å². The second-order valence-electron chi connectivity index (χ2n) is 3.52. The minimum atomic E-state index is 0.213. The van der Waals surface area contributed by atoms with E-state index in [4.69, 9.17) is 18.0 Å². The van der Waals surface area contributed by atoms with E-state index >= 15 is 0 Å². The van der Waals surface area contributed by atoms with Gasteiger partial charge in [-0.05, 0) is 24.4 Å². The minimum Gasteiger partial charge on any atom is -0.380 e. The lowest BCUT2D eigenvalue weighted by Crippen LogP contribution is -2.28. The van der Waals surface area contributed by atoms with Crippen LogP contribution in [0.15, 0.2) is 54.0 Å². The molecule has 1 heterocycles. The number of rotatable bonds is 3. The van der Waals surface area contributed by atoms with E-state index in [1.54, 1.807) is 6.20 Å². The van der Waals surface area contributed by atoms with Crippen molar-refractivity contribution >= 4 is 28.9 Å². The summed E-state index contributed by atoms with van der Waals surface area (Å²) in [7, 11) is 0. The number of hydrazone groups is 1. The Balaban J connectivity index is 1.93. The van der Waals surface area contributed by atoms with Crippen molar-refractivity contribution in [3.63, 3.8) is 0 Å². The highest BCUT2D eigenvalue weighted by Gasteiger charge is 2.00. The van der Waals surface area contributed by atoms with Crippen LogP contribution < -0.4 is 16.5 Å². The fourth-order valence-electron chi connectivity index (χ4n) is 1.28. The molecule has 0 aliphatic carbocycles. The first-order chi connectivity index (χ1) is 9.25. The molecule has 0 radical (unpaired) electrons. The number of hydrogen-bond donors (Lipinski definition) is 3. The molecule has 1 aromatic carbocycles. The van der Waals surface area contributed by atoms with Crippen LogP contribution in [0.1, 0.15) is 5.69 Å². The van der Waals surface area contributed by atoms with E-state index in [0.29, 0.717) is 10.8 Å². The highest BCUT2D eigenvalue weighted by molar-refractivity contribution is 7.80. The maximum Gasteiger partial charge on any atom is 0.191 e. The van der Waals surface area contributed by atoms with Gasteiger partial charge in [0.15, 0.2) is 10.9 Å². The van der Waals surface area contributed by atoms with Crippen molar-refractivity contribution < 1.29 is 0 Å². The molecule has 0 saturated heterocycles. The summed E-state index contributed by atoms with van der Waals surface area (Å²) in [4.78, 5) is 7.92. The van der Waals surface area contributed by atoms with Crippen LogP contribution in [0.25, 0.3) is 0 Å². The zero-order valence-corrected chi connectivity index (χ0v) is 10.8. The molecule has 0 spiro atoms. The number of nitrogens with two attached hydrogens (primary N) is 1. The normalized spacial score (nSPS) is 10.8. The number of nitrogens with zero attached hydrogens (tertiary/aromatic N) is 3. The summed E-state index contributed by atoms with van der Waals surface area (Å²) in [6, 6.07) is 9.52. The maximum absolute atomic E-state index is 5.73. The number of nitrogens with one attached hydrogen (secondary N) is 2. The smallest absolute Gasteiger partial charge is 0.191 e. The summed E-state index contributed by atoms with van der Waals surface area (Å²) in [5, 5.41) is 7.24. The van der Waals surface area contributed by atoms with Gasteiger partial charge in [-0.3, -0.25) is 10.4 Å². The van der Waals surface area contributed by atoms with E-state index in [2.05, 4.69) is 25.8 Å². The minimum absolute atomic E-state index is 0.213. The van der Waals surface area contributed by atoms with Crippen LogP contribution in [-0.2, 0) is 0 Å². The summed E-state index contributed by atoms with van der Waals surface area (Å²) < 4.78 is 0. The average molecular weight is 272 g/mol. The molecule has 4 N–H and O–H groups in total. The molecule has 96 valence electrons. The zero-order valence-electron chi connectivity index (χ0n) is 9.95. The van der Waals surface area contributed by atoms with Gasteiger partial charge in [0.1, 0.15) is 5.69 Å². The van der Waals surface area contributed by atoms with Gasteiger partial charge >= 0.3 is 0 Å². The third-order valence-electron chi connectivity index (χ3n) is 2.14. The third kappa shape index (κ3) is 4.00. The van der Waals surface area contributed by atoms with Crippen LogP contribution in [-0.4, -0.2) is 20.9 Å². The zero-order chi connectivity index (χ0) is 13.5. The van der Waals surface area contributed by atoms with Crippen molar-refractivity contribution in [3.8, 4) is 0 Å². The van der Waals surface area contributed by atoms with Crippen molar-refractivity contribution in [1.29, 1.82) is 0 Å². The van der Waals surface area contributed by atoms with Gasteiger partial charge in [-0.15, -0.1) is 0 Å². The largest absolute Gasteiger partial charge is 0.380 e. The number of amidine groups is 1. The van der Waals surface area contributed by atoms with Gasteiger partial charge < -0.3 is 11.1 Å². The van der Waals surface area contributed by atoms with Crippen molar-refractivity contribution in [2.45, 2.75) is 0 Å². The lowest BCUT2D eigenvalue weighted by molar-refractivity contribution is 1.02. The first-order valence-electron chi connectivity index (χ1n) is 5.47. The molecule has 0 saturated carbocycles. The third-order valence-corrected chi connectivity index (χ3v) is 2.33. The van der Waals surface area contributed by atoms with Crippen LogP contribution in [0.5, 0.6) is 0 Å². The Morgan fingerprint density at radius 3 is 2.68 bits per heavy atom. The van der Waals surface area contributed by atoms with Crippen LogP contribution in [0.2, 0.25) is 0 Å². The first kappa shape index (κ1) is 12.9. The van der Waals surface area contributed by atoms with E-state index in [1.165, 1.54) is 12.4 Å². The molecular weight excluding hydrogens is 260 g/mol. The second-order valence-corrected chi connectivity index (χ2v) is 3.93. The second kappa shape index (κ2) is 6.41. The molecule has 2 rings (SSSR count). The van der Waals surface area contributed by atoms with Gasteiger partial charge in [-0.1, -0.05) is 18.2 Å². The Bertz CT molecular complexity index is 569. The number of anilines is 1. The number of benzene rings is 1. The molecule has 7 heteroatoms. The Morgan fingerprint density at radius 2 is 2.00 bits per heavy atom. The van der Waals surface area contributed by atoms with Crippen LogP contribution in [0.3, 0.4) is 0 Å². The molecule has 1 aromatic heterocycles. The van der Waals surface area contributed by atoms with Gasteiger partial charge in [0.2, 0.25) is 0 Å². The predicted molar refractivity (Wildman–Crippen MR) is 78.6 cm³/mol. The molecule has 19 heavy (non-hydrogen) atoms. The Labute approximate surface area is 115 Å². The Kier molecular flexibility index (Phi) is 4.35. The summed E-state index contributed by atoms with van der Waals surface area (Å²) in [5.41, 5.74) is 9.73. The molecule has 0 amide bonds. The van der Waals surface area contributed by atoms with Gasteiger partial charge in [-0.2, -0.15) is 5.10 Å². The molecule has 0 aliphatic heterocycles. The quantitative estimate of drug-likeness (QED) is 0.335. The van der Waals surface area contributed by atoms with Gasteiger partial charge in [-0.25, -0.2) is 4.98 Å². The molecule has 6 nitrogen and oxygen atoms in total. The SMILES string of the molecule is N/C(=N\NC(=S)Nc1ccccc1)c1cnccn1. The maximum atomic E-state index is 5.73. The number of para-hydroxylation sites is 1. The molecule has 0 bridgehead atoms. The van der Waals surface area contributed by atoms with E-state index in [0.717, 1.165) is 5.69 Å². The van der Waals surface area contributed by atoms with Crippen LogP contribution in [0, 0.1) is 0 Å². The molecule has 0 atom stereocenters. The highest BCUT2D eigenvalue weighted by Crippen LogP contribution is 2.04. The summed E-state index contributed by atoms with van der Waals surface area (Å²) >= 11 is 5.08. The average Bonchev–Trinajstić information content (AvgIpc) is 2.47. The number of thiocarbonyl (C=S) groups is 1. The van der Waals surface area contributed by atoms with Gasteiger partial charge in [0.05, 0.1) is 6.20 Å².